The smallest absolute Gasteiger partial charge is 0.343 e. The molecule has 0 aliphatic carbocycles. The summed E-state index contributed by atoms with van der Waals surface area (Å²) in [6.07, 6.45) is 0.660. The van der Waals surface area contributed by atoms with Crippen LogP contribution in [0.4, 0.5) is 0 Å². The fourth-order valence-corrected chi connectivity index (χ4v) is 3.63. The van der Waals surface area contributed by atoms with Crippen molar-refractivity contribution in [2.75, 3.05) is 32.8 Å². The van der Waals surface area contributed by atoms with E-state index >= 15 is 0 Å². The number of hydrogen-bond donors (Lipinski definition) is 5. The van der Waals surface area contributed by atoms with Crippen molar-refractivity contribution in [3.8, 4) is 11.5 Å². The molecular formula is C19H28BN3O6. The number of benzene rings is 1. The number of likely N-dealkylation sites (tertiary alicyclic amines) is 1. The van der Waals surface area contributed by atoms with Crippen LogP contribution in [0, 0.1) is 0 Å². The van der Waals surface area contributed by atoms with Gasteiger partial charge in [-0.2, -0.15) is 0 Å². The number of nitrogens with two attached hydrogens (primary N) is 1. The standard InChI is InChI=1S/C19H28BN3O6/c1-18(9-20-18)12-3-4-13(14(15(12)25)16(26)27)29-11-7-23(8-11)10-19(2,21)17(28)22-5-6-24/h3-4,11,20,24-25H,5-10,21H2,1-2H3,(H,22,28)(H,26,27). The number of hydrogen-bond acceptors (Lipinski definition) is 7. The van der Waals surface area contributed by atoms with Gasteiger partial charge in [0.15, 0.2) is 0 Å². The van der Waals surface area contributed by atoms with Gasteiger partial charge in [0.1, 0.15) is 36.0 Å². The summed E-state index contributed by atoms with van der Waals surface area (Å²) >= 11 is 0. The maximum Gasteiger partial charge on any atom is 0.343 e. The lowest BCUT2D eigenvalue weighted by atomic mass is 9.81. The fraction of sp³-hybridized carbons (Fsp3) is 0.579. The van der Waals surface area contributed by atoms with Crippen molar-refractivity contribution in [1.82, 2.24) is 10.2 Å². The van der Waals surface area contributed by atoms with E-state index in [1.54, 1.807) is 19.1 Å². The highest BCUT2D eigenvalue weighted by Crippen LogP contribution is 2.47. The predicted molar refractivity (Wildman–Crippen MR) is 108 cm³/mol. The lowest BCUT2D eigenvalue weighted by Crippen LogP contribution is -2.64. The summed E-state index contributed by atoms with van der Waals surface area (Å²) in [7, 11) is 0.918. The lowest BCUT2D eigenvalue weighted by Gasteiger charge is -2.42. The SMILES string of the molecule is CC(N)(CN1CC(Oc2ccc(C3(C)BC3)c(O)c2C(=O)O)C1)C(=O)NCCO. The summed E-state index contributed by atoms with van der Waals surface area (Å²) in [5, 5.41) is 31.3. The van der Waals surface area contributed by atoms with E-state index in [4.69, 9.17) is 15.6 Å². The van der Waals surface area contributed by atoms with Gasteiger partial charge in [-0.15, -0.1) is 0 Å². The van der Waals surface area contributed by atoms with E-state index in [0.29, 0.717) is 25.2 Å². The zero-order valence-electron chi connectivity index (χ0n) is 16.8. The zero-order valence-corrected chi connectivity index (χ0v) is 16.8. The highest BCUT2D eigenvalue weighted by atomic mass is 16.5. The maximum absolute atomic E-state index is 12.0. The Morgan fingerprint density at radius 3 is 2.66 bits per heavy atom. The van der Waals surface area contributed by atoms with E-state index in [1.165, 1.54) is 0 Å². The number of aliphatic hydroxyl groups is 1. The Hall–Kier alpha value is -2.30. The molecule has 0 spiro atoms. The first-order valence-corrected chi connectivity index (χ1v) is 9.74. The average molecular weight is 405 g/mol. The van der Waals surface area contributed by atoms with Crippen molar-refractivity contribution >= 4 is 19.2 Å². The van der Waals surface area contributed by atoms with Crippen molar-refractivity contribution in [3.63, 3.8) is 0 Å². The average Bonchev–Trinajstić information content (AvgIpc) is 3.35. The topological polar surface area (TPSA) is 145 Å². The summed E-state index contributed by atoms with van der Waals surface area (Å²) in [4.78, 5) is 25.7. The summed E-state index contributed by atoms with van der Waals surface area (Å²) in [6, 6.07) is 3.35. The van der Waals surface area contributed by atoms with Gasteiger partial charge < -0.3 is 31.1 Å². The zero-order chi connectivity index (χ0) is 21.4. The summed E-state index contributed by atoms with van der Waals surface area (Å²) < 4.78 is 5.82. The number of aliphatic hydroxyl groups excluding tert-OH is 1. The highest BCUT2D eigenvalue weighted by Gasteiger charge is 2.44. The summed E-state index contributed by atoms with van der Waals surface area (Å²) in [5.41, 5.74) is 5.39. The van der Waals surface area contributed by atoms with E-state index in [0.717, 1.165) is 13.6 Å². The van der Waals surface area contributed by atoms with Crippen molar-refractivity contribution in [3.05, 3.63) is 23.3 Å². The Bertz CT molecular complexity index is 805. The normalized spacial score (nSPS) is 23.4. The Labute approximate surface area is 170 Å². The molecule has 2 atom stereocenters. The molecule has 1 amide bonds. The highest BCUT2D eigenvalue weighted by molar-refractivity contribution is 6.54. The molecule has 29 heavy (non-hydrogen) atoms. The van der Waals surface area contributed by atoms with Gasteiger partial charge in [0.05, 0.1) is 6.61 Å². The molecule has 1 aromatic rings. The van der Waals surface area contributed by atoms with Gasteiger partial charge in [-0.25, -0.2) is 4.79 Å². The van der Waals surface area contributed by atoms with Crippen LogP contribution in [0.25, 0.3) is 0 Å². The third-order valence-corrected chi connectivity index (χ3v) is 5.69. The van der Waals surface area contributed by atoms with Gasteiger partial charge in [0.2, 0.25) is 5.91 Å². The number of aromatic hydroxyl groups is 1. The number of aromatic carboxylic acids is 1. The number of amides is 1. The largest absolute Gasteiger partial charge is 0.507 e. The molecule has 2 aliphatic heterocycles. The van der Waals surface area contributed by atoms with Crippen LogP contribution in [0.1, 0.15) is 29.8 Å². The van der Waals surface area contributed by atoms with Crippen LogP contribution >= 0.6 is 0 Å². The number of carbonyl (C=O) groups excluding carboxylic acids is 1. The lowest BCUT2D eigenvalue weighted by molar-refractivity contribution is -0.127. The number of carboxylic acid groups (broad SMARTS) is 1. The first kappa shape index (κ1) is 21.4. The number of carboxylic acids is 1. The van der Waals surface area contributed by atoms with Gasteiger partial charge in [-0.1, -0.05) is 19.3 Å². The van der Waals surface area contributed by atoms with Crippen molar-refractivity contribution in [1.29, 1.82) is 0 Å². The van der Waals surface area contributed by atoms with Crippen LogP contribution in [0.3, 0.4) is 0 Å². The quantitative estimate of drug-likeness (QED) is 0.331. The van der Waals surface area contributed by atoms with E-state index in [9.17, 15) is 19.8 Å². The van der Waals surface area contributed by atoms with Gasteiger partial charge in [-0.05, 0) is 23.9 Å². The molecule has 10 heteroatoms. The fourth-order valence-electron chi connectivity index (χ4n) is 3.63. The number of carbonyl (C=O) groups is 2. The molecule has 2 saturated heterocycles. The number of nitrogens with zero attached hydrogens (tertiary/aromatic N) is 1. The minimum Gasteiger partial charge on any atom is -0.507 e. The van der Waals surface area contributed by atoms with Crippen LogP contribution < -0.4 is 15.8 Å². The van der Waals surface area contributed by atoms with Crippen molar-refractivity contribution in [2.24, 2.45) is 5.73 Å². The van der Waals surface area contributed by atoms with Gasteiger partial charge in [0, 0.05) is 26.2 Å². The molecule has 2 aliphatic rings. The molecule has 6 N–H and O–H groups in total. The van der Waals surface area contributed by atoms with Crippen LogP contribution in [-0.2, 0) is 10.1 Å². The van der Waals surface area contributed by atoms with E-state index in [1.807, 2.05) is 11.8 Å². The number of nitrogens with one attached hydrogen (secondary N) is 1. The summed E-state index contributed by atoms with van der Waals surface area (Å²) in [5.74, 6) is -1.65. The third kappa shape index (κ3) is 4.49. The molecule has 3 rings (SSSR count). The molecule has 0 aromatic heterocycles. The second-order valence-electron chi connectivity index (χ2n) is 8.53. The van der Waals surface area contributed by atoms with Crippen molar-refractivity contribution < 1.29 is 29.6 Å². The van der Waals surface area contributed by atoms with Gasteiger partial charge >= 0.3 is 5.97 Å². The molecule has 2 heterocycles. The molecular weight excluding hydrogens is 377 g/mol. The molecule has 2 fully saturated rings. The monoisotopic (exact) mass is 405 g/mol. The molecule has 0 radical (unpaired) electrons. The molecule has 158 valence electrons. The second-order valence-corrected chi connectivity index (χ2v) is 8.53. The minimum atomic E-state index is -1.23. The van der Waals surface area contributed by atoms with Gasteiger partial charge in [-0.3, -0.25) is 9.69 Å². The Kier molecular flexibility index (Phi) is 5.80. The van der Waals surface area contributed by atoms with Crippen LogP contribution in [-0.4, -0.2) is 83.8 Å². The molecule has 0 bridgehead atoms. The number of rotatable bonds is 9. The van der Waals surface area contributed by atoms with E-state index < -0.39 is 11.5 Å². The van der Waals surface area contributed by atoms with Crippen LogP contribution in [0.15, 0.2) is 12.1 Å². The Morgan fingerprint density at radius 1 is 1.45 bits per heavy atom. The first-order valence-electron chi connectivity index (χ1n) is 9.74. The maximum atomic E-state index is 12.0. The second kappa shape index (κ2) is 7.85. The van der Waals surface area contributed by atoms with E-state index in [-0.39, 0.29) is 47.5 Å². The molecule has 2 unspecified atom stereocenters. The molecule has 0 saturated carbocycles. The number of ether oxygens (including phenoxy) is 1. The summed E-state index contributed by atoms with van der Waals surface area (Å²) in [6.45, 7) is 4.88. The minimum absolute atomic E-state index is 0.142. The predicted octanol–water partition coefficient (Wildman–Crippen LogP) is -0.937. The Morgan fingerprint density at radius 2 is 2.10 bits per heavy atom. The van der Waals surface area contributed by atoms with Gasteiger partial charge in [0.25, 0.3) is 0 Å². The van der Waals surface area contributed by atoms with E-state index in [2.05, 4.69) is 5.32 Å². The van der Waals surface area contributed by atoms with Crippen molar-refractivity contribution in [2.45, 2.75) is 37.1 Å². The molecule has 1 aromatic carbocycles. The Balaban J connectivity index is 1.61. The number of phenols is 1. The third-order valence-electron chi connectivity index (χ3n) is 5.69. The molecule has 9 nitrogen and oxygen atoms in total. The first-order chi connectivity index (χ1) is 13.6. The van der Waals surface area contributed by atoms with Crippen LogP contribution in [0.2, 0.25) is 6.32 Å². The van der Waals surface area contributed by atoms with Crippen LogP contribution in [0.5, 0.6) is 11.5 Å².